The first-order valence-electron chi connectivity index (χ1n) is 6.62. The summed E-state index contributed by atoms with van der Waals surface area (Å²) in [5, 5.41) is 0. The normalized spacial score (nSPS) is 39.6. The number of hydrogen-bond donors (Lipinski definition) is 0. The average molecular weight is 220 g/mol. The summed E-state index contributed by atoms with van der Waals surface area (Å²) in [6, 6.07) is 0. The second kappa shape index (κ2) is 4.01. The van der Waals surface area contributed by atoms with E-state index in [2.05, 4.69) is 27.7 Å². The van der Waals surface area contributed by atoms with E-state index in [0.29, 0.717) is 5.78 Å². The van der Waals surface area contributed by atoms with Gasteiger partial charge in [-0.05, 0) is 55.4 Å². The van der Waals surface area contributed by atoms with E-state index < -0.39 is 0 Å². The van der Waals surface area contributed by atoms with Crippen molar-refractivity contribution >= 4 is 5.78 Å². The number of hydrogen-bond acceptors (Lipinski definition) is 1. The summed E-state index contributed by atoms with van der Waals surface area (Å²) >= 11 is 0. The fourth-order valence-corrected chi connectivity index (χ4v) is 3.94. The molecule has 0 spiro atoms. The quantitative estimate of drug-likeness (QED) is 0.653. The van der Waals surface area contributed by atoms with E-state index in [9.17, 15) is 4.79 Å². The Morgan fingerprint density at radius 1 is 1.44 bits per heavy atom. The van der Waals surface area contributed by atoms with Crippen LogP contribution in [0.25, 0.3) is 0 Å². The van der Waals surface area contributed by atoms with Crippen molar-refractivity contribution in [2.24, 2.45) is 23.2 Å². The highest BCUT2D eigenvalue weighted by atomic mass is 16.1. The van der Waals surface area contributed by atoms with Gasteiger partial charge in [0.15, 0.2) is 5.78 Å². The van der Waals surface area contributed by atoms with Crippen molar-refractivity contribution < 1.29 is 4.79 Å². The van der Waals surface area contributed by atoms with Gasteiger partial charge in [0.05, 0.1) is 0 Å². The monoisotopic (exact) mass is 220 g/mol. The zero-order valence-corrected chi connectivity index (χ0v) is 11.0. The van der Waals surface area contributed by atoms with E-state index in [1.165, 1.54) is 18.4 Å². The Kier molecular flexibility index (Phi) is 2.98. The van der Waals surface area contributed by atoms with Gasteiger partial charge in [-0.25, -0.2) is 0 Å². The van der Waals surface area contributed by atoms with E-state index in [0.717, 1.165) is 30.6 Å². The molecule has 2 aliphatic rings. The second-order valence-corrected chi connectivity index (χ2v) is 6.54. The van der Waals surface area contributed by atoms with Gasteiger partial charge in [-0.15, -0.1) is 0 Å². The van der Waals surface area contributed by atoms with Crippen LogP contribution in [0.2, 0.25) is 0 Å². The van der Waals surface area contributed by atoms with Crippen molar-refractivity contribution in [2.75, 3.05) is 0 Å². The molecule has 1 nitrogen and oxygen atoms in total. The highest BCUT2D eigenvalue weighted by Crippen LogP contribution is 2.54. The SMILES string of the molecule is CC1=CC(=O)C[C@]2(C)CC[C@@H](C(C)C)[C@@H]2C1. The molecule has 1 heteroatoms. The third kappa shape index (κ3) is 1.97. The van der Waals surface area contributed by atoms with Crippen molar-refractivity contribution in [1.29, 1.82) is 0 Å². The standard InChI is InChI=1S/C15H24O/c1-10(2)13-5-6-15(4)9-12(16)7-11(3)8-14(13)15/h7,10,13-14H,5-6,8-9H2,1-4H3/t13-,14-,15-/m0/s1. The van der Waals surface area contributed by atoms with Gasteiger partial charge in [0.2, 0.25) is 0 Å². The molecule has 0 unspecified atom stereocenters. The van der Waals surface area contributed by atoms with Crippen LogP contribution in [0.1, 0.15) is 53.4 Å². The number of ketones is 1. The maximum atomic E-state index is 11.8. The lowest BCUT2D eigenvalue weighted by Crippen LogP contribution is -2.28. The Morgan fingerprint density at radius 2 is 2.12 bits per heavy atom. The van der Waals surface area contributed by atoms with Gasteiger partial charge >= 0.3 is 0 Å². The van der Waals surface area contributed by atoms with Crippen molar-refractivity contribution in [3.05, 3.63) is 11.6 Å². The number of rotatable bonds is 1. The maximum absolute atomic E-state index is 11.8. The average Bonchev–Trinajstić information content (AvgIpc) is 2.37. The molecule has 2 aliphatic carbocycles. The minimum atomic E-state index is 0.278. The fourth-order valence-electron chi connectivity index (χ4n) is 3.94. The van der Waals surface area contributed by atoms with Gasteiger partial charge in [0.25, 0.3) is 0 Å². The molecule has 0 heterocycles. The molecule has 0 bridgehead atoms. The largest absolute Gasteiger partial charge is 0.295 e. The van der Waals surface area contributed by atoms with Gasteiger partial charge < -0.3 is 0 Å². The van der Waals surface area contributed by atoms with Gasteiger partial charge in [0, 0.05) is 6.42 Å². The Morgan fingerprint density at radius 3 is 2.75 bits per heavy atom. The Balaban J connectivity index is 2.28. The van der Waals surface area contributed by atoms with Gasteiger partial charge in [0.1, 0.15) is 0 Å². The van der Waals surface area contributed by atoms with Gasteiger partial charge in [-0.1, -0.05) is 26.3 Å². The summed E-state index contributed by atoms with van der Waals surface area (Å²) in [6.07, 6.45) is 6.37. The summed E-state index contributed by atoms with van der Waals surface area (Å²) in [7, 11) is 0. The fraction of sp³-hybridized carbons (Fsp3) is 0.800. The summed E-state index contributed by atoms with van der Waals surface area (Å²) in [5.74, 6) is 2.66. The van der Waals surface area contributed by atoms with Crippen LogP contribution in [0.15, 0.2) is 11.6 Å². The highest BCUT2D eigenvalue weighted by molar-refractivity contribution is 5.91. The van der Waals surface area contributed by atoms with Crippen LogP contribution in [-0.4, -0.2) is 5.78 Å². The minimum absolute atomic E-state index is 0.278. The Hall–Kier alpha value is -0.590. The Labute approximate surface area is 99.3 Å². The predicted octanol–water partition coefficient (Wildman–Crippen LogP) is 3.98. The molecule has 3 atom stereocenters. The molecule has 0 aliphatic heterocycles. The molecule has 0 radical (unpaired) electrons. The molecule has 0 aromatic heterocycles. The minimum Gasteiger partial charge on any atom is -0.295 e. The molecular weight excluding hydrogens is 196 g/mol. The molecule has 1 fully saturated rings. The highest BCUT2D eigenvalue weighted by Gasteiger charge is 2.47. The topological polar surface area (TPSA) is 17.1 Å². The number of fused-ring (bicyclic) bond motifs is 1. The number of carbonyl (C=O) groups is 1. The van der Waals surface area contributed by atoms with Crippen molar-refractivity contribution in [1.82, 2.24) is 0 Å². The lowest BCUT2D eigenvalue weighted by Gasteiger charge is -2.34. The van der Waals surface area contributed by atoms with Crippen LogP contribution in [0.4, 0.5) is 0 Å². The smallest absolute Gasteiger partial charge is 0.156 e. The molecule has 2 rings (SSSR count). The first kappa shape index (κ1) is 11.9. The van der Waals surface area contributed by atoms with Crippen molar-refractivity contribution in [2.45, 2.75) is 53.4 Å². The lowest BCUT2D eigenvalue weighted by atomic mass is 9.70. The molecule has 0 saturated heterocycles. The second-order valence-electron chi connectivity index (χ2n) is 6.54. The van der Waals surface area contributed by atoms with E-state index in [1.807, 2.05) is 6.08 Å². The third-order valence-electron chi connectivity index (χ3n) is 4.84. The van der Waals surface area contributed by atoms with Crippen LogP contribution < -0.4 is 0 Å². The van der Waals surface area contributed by atoms with Crippen molar-refractivity contribution in [3.8, 4) is 0 Å². The molecule has 16 heavy (non-hydrogen) atoms. The summed E-state index contributed by atoms with van der Waals surface area (Å²) in [5.41, 5.74) is 1.58. The molecule has 0 aromatic rings. The lowest BCUT2D eigenvalue weighted by molar-refractivity contribution is -0.117. The van der Waals surface area contributed by atoms with E-state index in [-0.39, 0.29) is 5.41 Å². The number of carbonyl (C=O) groups excluding carboxylic acids is 1. The molecule has 0 amide bonds. The summed E-state index contributed by atoms with van der Waals surface area (Å²) in [6.45, 7) is 9.13. The zero-order valence-electron chi connectivity index (χ0n) is 11.0. The van der Waals surface area contributed by atoms with Crippen LogP contribution in [0.3, 0.4) is 0 Å². The van der Waals surface area contributed by atoms with Crippen LogP contribution >= 0.6 is 0 Å². The summed E-state index contributed by atoms with van der Waals surface area (Å²) < 4.78 is 0. The first-order chi connectivity index (χ1) is 7.42. The number of allylic oxidation sites excluding steroid dienone is 2. The predicted molar refractivity (Wildman–Crippen MR) is 67.2 cm³/mol. The van der Waals surface area contributed by atoms with E-state index in [4.69, 9.17) is 0 Å². The molecule has 1 saturated carbocycles. The van der Waals surface area contributed by atoms with Crippen LogP contribution in [-0.2, 0) is 4.79 Å². The molecule has 0 aromatic carbocycles. The van der Waals surface area contributed by atoms with Crippen LogP contribution in [0, 0.1) is 23.2 Å². The van der Waals surface area contributed by atoms with Crippen LogP contribution in [0.5, 0.6) is 0 Å². The maximum Gasteiger partial charge on any atom is 0.156 e. The summed E-state index contributed by atoms with van der Waals surface area (Å²) in [4.78, 5) is 11.8. The Bertz CT molecular complexity index is 326. The molecule has 90 valence electrons. The molecular formula is C15H24O. The van der Waals surface area contributed by atoms with Gasteiger partial charge in [-0.3, -0.25) is 4.79 Å². The third-order valence-corrected chi connectivity index (χ3v) is 4.84. The zero-order chi connectivity index (χ0) is 11.9. The first-order valence-corrected chi connectivity index (χ1v) is 6.62. The van der Waals surface area contributed by atoms with E-state index >= 15 is 0 Å². The van der Waals surface area contributed by atoms with E-state index in [1.54, 1.807) is 0 Å². The van der Waals surface area contributed by atoms with Gasteiger partial charge in [-0.2, -0.15) is 0 Å². The molecule has 0 N–H and O–H groups in total. The van der Waals surface area contributed by atoms with Crippen molar-refractivity contribution in [3.63, 3.8) is 0 Å².